The second-order valence-corrected chi connectivity index (χ2v) is 5.91. The van der Waals surface area contributed by atoms with E-state index in [4.69, 9.17) is 0 Å². The third-order valence-electron chi connectivity index (χ3n) is 3.55. The van der Waals surface area contributed by atoms with Crippen LogP contribution in [0.5, 0.6) is 0 Å². The lowest BCUT2D eigenvalue weighted by Crippen LogP contribution is -2.42. The number of halogens is 1. The first-order valence-electron chi connectivity index (χ1n) is 6.74. The van der Waals surface area contributed by atoms with E-state index in [1.807, 2.05) is 12.1 Å². The Morgan fingerprint density at radius 1 is 1.37 bits per heavy atom. The number of aromatic nitrogens is 1. The lowest BCUT2D eigenvalue weighted by molar-refractivity contribution is -0.144. The van der Waals surface area contributed by atoms with Gasteiger partial charge in [0, 0.05) is 17.2 Å². The quantitative estimate of drug-likeness (QED) is 0.927. The van der Waals surface area contributed by atoms with Gasteiger partial charge in [0.2, 0.25) is 0 Å². The first kappa shape index (κ1) is 14.5. The minimum atomic E-state index is -0.709. The molecule has 0 saturated carbocycles. The first-order chi connectivity index (χ1) is 9.16. The summed E-state index contributed by atoms with van der Waals surface area (Å²) in [5.74, 6) is -0.709. The highest BCUT2D eigenvalue weighted by Gasteiger charge is 2.26. The van der Waals surface area contributed by atoms with E-state index < -0.39 is 5.97 Å². The maximum atomic E-state index is 11.4. The molecule has 0 spiro atoms. The van der Waals surface area contributed by atoms with E-state index in [1.165, 1.54) is 6.42 Å². The van der Waals surface area contributed by atoms with Gasteiger partial charge in [-0.3, -0.25) is 14.7 Å². The molecule has 0 aliphatic carbocycles. The molecule has 1 aromatic heterocycles. The van der Waals surface area contributed by atoms with E-state index in [0.29, 0.717) is 6.54 Å². The zero-order valence-electron chi connectivity index (χ0n) is 10.9. The van der Waals surface area contributed by atoms with E-state index in [1.54, 1.807) is 6.20 Å². The van der Waals surface area contributed by atoms with Crippen LogP contribution >= 0.6 is 15.9 Å². The van der Waals surface area contributed by atoms with Crippen LogP contribution in [0.2, 0.25) is 0 Å². The molecule has 1 N–H and O–H groups in total. The molecule has 4 nitrogen and oxygen atoms in total. The van der Waals surface area contributed by atoms with Crippen molar-refractivity contribution in [2.75, 3.05) is 6.54 Å². The van der Waals surface area contributed by atoms with Gasteiger partial charge in [-0.2, -0.15) is 0 Å². The molecule has 1 fully saturated rings. The summed E-state index contributed by atoms with van der Waals surface area (Å²) in [4.78, 5) is 17.8. The van der Waals surface area contributed by atoms with Gasteiger partial charge in [0.1, 0.15) is 6.04 Å². The van der Waals surface area contributed by atoms with Crippen LogP contribution in [-0.4, -0.2) is 33.5 Å². The van der Waals surface area contributed by atoms with Gasteiger partial charge in [0.05, 0.1) is 5.69 Å². The minimum Gasteiger partial charge on any atom is -0.480 e. The Balaban J connectivity index is 2.08. The molecule has 0 radical (unpaired) electrons. The topological polar surface area (TPSA) is 53.4 Å². The average molecular weight is 327 g/mol. The highest BCUT2D eigenvalue weighted by Crippen LogP contribution is 2.19. The molecule has 5 heteroatoms. The highest BCUT2D eigenvalue weighted by molar-refractivity contribution is 9.10. The van der Waals surface area contributed by atoms with Gasteiger partial charge in [-0.1, -0.05) is 19.3 Å². The summed E-state index contributed by atoms with van der Waals surface area (Å²) in [6, 6.07) is 3.52. The molecule has 1 unspecified atom stereocenters. The smallest absolute Gasteiger partial charge is 0.320 e. The number of carboxylic acid groups (broad SMARTS) is 1. The number of nitrogens with zero attached hydrogens (tertiary/aromatic N) is 2. The van der Waals surface area contributed by atoms with Gasteiger partial charge in [-0.15, -0.1) is 0 Å². The molecule has 2 heterocycles. The molecule has 1 atom stereocenters. The number of rotatable bonds is 3. The summed E-state index contributed by atoms with van der Waals surface area (Å²) < 4.78 is 0.943. The monoisotopic (exact) mass is 326 g/mol. The summed E-state index contributed by atoms with van der Waals surface area (Å²) >= 11 is 3.36. The summed E-state index contributed by atoms with van der Waals surface area (Å²) in [6.07, 6.45) is 6.91. The zero-order valence-corrected chi connectivity index (χ0v) is 12.5. The van der Waals surface area contributed by atoms with Crippen LogP contribution in [0, 0.1) is 0 Å². The van der Waals surface area contributed by atoms with Crippen LogP contribution in [0.25, 0.3) is 0 Å². The molecule has 104 valence electrons. The van der Waals surface area contributed by atoms with Gasteiger partial charge in [-0.05, 0) is 47.4 Å². The van der Waals surface area contributed by atoms with Crippen molar-refractivity contribution in [3.8, 4) is 0 Å². The van der Waals surface area contributed by atoms with Gasteiger partial charge in [-0.25, -0.2) is 0 Å². The number of likely N-dealkylation sites (tertiary alicyclic amines) is 1. The lowest BCUT2D eigenvalue weighted by Gasteiger charge is -2.30. The van der Waals surface area contributed by atoms with E-state index in [9.17, 15) is 9.90 Å². The summed E-state index contributed by atoms with van der Waals surface area (Å²) in [6.45, 7) is 1.46. The Labute approximate surface area is 122 Å². The van der Waals surface area contributed by atoms with Crippen LogP contribution in [-0.2, 0) is 11.3 Å². The van der Waals surface area contributed by atoms with Crippen molar-refractivity contribution in [1.29, 1.82) is 0 Å². The fraction of sp³-hybridized carbons (Fsp3) is 0.571. The number of pyridine rings is 1. The second-order valence-electron chi connectivity index (χ2n) is 5.00. The van der Waals surface area contributed by atoms with Crippen molar-refractivity contribution < 1.29 is 9.90 Å². The predicted octanol–water partition coefficient (Wildman–Crippen LogP) is 3.06. The van der Waals surface area contributed by atoms with E-state index in [-0.39, 0.29) is 6.04 Å². The van der Waals surface area contributed by atoms with Crippen LogP contribution in [0.1, 0.15) is 37.8 Å². The summed E-state index contributed by atoms with van der Waals surface area (Å²) in [5, 5.41) is 9.38. The third kappa shape index (κ3) is 4.28. The number of carbonyl (C=O) groups is 1. The fourth-order valence-electron chi connectivity index (χ4n) is 2.52. The maximum absolute atomic E-state index is 11.4. The number of carboxylic acids is 1. The van der Waals surface area contributed by atoms with Crippen LogP contribution in [0.3, 0.4) is 0 Å². The SMILES string of the molecule is O=C(O)C1CCCCCCN1Cc1ccc(Br)cn1. The molecular formula is C14H19BrN2O2. The van der Waals surface area contributed by atoms with E-state index in [0.717, 1.165) is 42.4 Å². The molecular weight excluding hydrogens is 308 g/mol. The van der Waals surface area contributed by atoms with E-state index >= 15 is 0 Å². The summed E-state index contributed by atoms with van der Waals surface area (Å²) in [7, 11) is 0. The molecule has 19 heavy (non-hydrogen) atoms. The molecule has 1 aromatic rings. The molecule has 0 bridgehead atoms. The fourth-order valence-corrected chi connectivity index (χ4v) is 2.76. The van der Waals surface area contributed by atoms with Crippen molar-refractivity contribution in [1.82, 2.24) is 9.88 Å². The standard InChI is InChI=1S/C14H19BrN2O2/c15-11-6-7-12(16-9-11)10-17-8-4-2-1-3-5-13(17)14(18)19/h6-7,9,13H,1-5,8,10H2,(H,18,19). The first-order valence-corrected chi connectivity index (χ1v) is 7.53. The zero-order chi connectivity index (χ0) is 13.7. The largest absolute Gasteiger partial charge is 0.480 e. The number of hydrogen-bond donors (Lipinski definition) is 1. The van der Waals surface area contributed by atoms with Gasteiger partial charge >= 0.3 is 5.97 Å². The number of hydrogen-bond acceptors (Lipinski definition) is 3. The Bertz CT molecular complexity index is 422. The third-order valence-corrected chi connectivity index (χ3v) is 4.02. The van der Waals surface area contributed by atoms with Crippen LogP contribution in [0.4, 0.5) is 0 Å². The van der Waals surface area contributed by atoms with Crippen LogP contribution in [0.15, 0.2) is 22.8 Å². The van der Waals surface area contributed by atoms with Crippen molar-refractivity contribution in [3.63, 3.8) is 0 Å². The molecule has 2 rings (SSSR count). The summed E-state index contributed by atoms with van der Waals surface area (Å²) in [5.41, 5.74) is 0.926. The number of aliphatic carboxylic acids is 1. The molecule has 1 aliphatic rings. The van der Waals surface area contributed by atoms with Crippen molar-refractivity contribution in [2.45, 2.75) is 44.7 Å². The predicted molar refractivity (Wildman–Crippen MR) is 76.9 cm³/mol. The van der Waals surface area contributed by atoms with Crippen molar-refractivity contribution >= 4 is 21.9 Å². The molecule has 0 aromatic carbocycles. The van der Waals surface area contributed by atoms with Crippen LogP contribution < -0.4 is 0 Å². The maximum Gasteiger partial charge on any atom is 0.320 e. The van der Waals surface area contributed by atoms with Crippen molar-refractivity contribution in [2.24, 2.45) is 0 Å². The Morgan fingerprint density at radius 3 is 2.84 bits per heavy atom. The van der Waals surface area contributed by atoms with E-state index in [2.05, 4.69) is 25.8 Å². The molecule has 0 amide bonds. The van der Waals surface area contributed by atoms with Gasteiger partial charge in [0.25, 0.3) is 0 Å². The molecule has 1 saturated heterocycles. The van der Waals surface area contributed by atoms with Gasteiger partial charge < -0.3 is 5.11 Å². The lowest BCUT2D eigenvalue weighted by atomic mass is 10.0. The normalized spacial score (nSPS) is 21.6. The average Bonchev–Trinajstić information content (AvgIpc) is 2.35. The highest BCUT2D eigenvalue weighted by atomic mass is 79.9. The second kappa shape index (κ2) is 7.01. The minimum absolute atomic E-state index is 0.370. The Kier molecular flexibility index (Phi) is 5.34. The molecule has 1 aliphatic heterocycles. The van der Waals surface area contributed by atoms with Gasteiger partial charge in [0.15, 0.2) is 0 Å². The Hall–Kier alpha value is -0.940. The van der Waals surface area contributed by atoms with Crippen molar-refractivity contribution in [3.05, 3.63) is 28.5 Å². The Morgan fingerprint density at radius 2 is 2.16 bits per heavy atom.